The van der Waals surface area contributed by atoms with Gasteiger partial charge >= 0.3 is 7.12 Å². The number of hydrogen-bond acceptors (Lipinski definition) is 4. The van der Waals surface area contributed by atoms with Crippen LogP contribution < -0.4 is 10.2 Å². The molecule has 1 aliphatic heterocycles. The summed E-state index contributed by atoms with van der Waals surface area (Å²) < 4.78 is 10.8. The van der Waals surface area contributed by atoms with Crippen molar-refractivity contribution >= 4 is 18.4 Å². The fourth-order valence-electron chi connectivity index (χ4n) is 2.43. The minimum Gasteiger partial charge on any atom is -0.486 e. The van der Waals surface area contributed by atoms with Crippen molar-refractivity contribution in [2.45, 2.75) is 32.3 Å². The number of carbonyl (C=O) groups is 1. The molecule has 1 aromatic carbocycles. The van der Waals surface area contributed by atoms with Crippen molar-refractivity contribution in [1.82, 2.24) is 0 Å². The molecule has 0 radical (unpaired) electrons. The molecule has 5 heteroatoms. The Kier molecular flexibility index (Phi) is 2.88. The summed E-state index contributed by atoms with van der Waals surface area (Å²) in [6.07, 6.45) is 2.22. The van der Waals surface area contributed by atoms with E-state index in [1.807, 2.05) is 12.1 Å². The molecular formula is C13H15BO4. The number of hydrogen-bond donors (Lipinski definition) is 1. The Labute approximate surface area is 106 Å². The lowest BCUT2D eigenvalue weighted by Gasteiger charge is -2.14. The first-order valence-corrected chi connectivity index (χ1v) is 6.24. The quantitative estimate of drug-likeness (QED) is 0.796. The zero-order chi connectivity index (χ0) is 12.7. The van der Waals surface area contributed by atoms with Gasteiger partial charge in [0, 0.05) is 0 Å². The van der Waals surface area contributed by atoms with E-state index in [0.717, 1.165) is 35.2 Å². The lowest BCUT2D eigenvalue weighted by atomic mass is 9.74. The van der Waals surface area contributed by atoms with Crippen LogP contribution in [0.4, 0.5) is 0 Å². The van der Waals surface area contributed by atoms with Crippen LogP contribution in [0.3, 0.4) is 0 Å². The molecule has 0 unspecified atom stereocenters. The number of fused-ring (bicyclic) bond motifs is 1. The Hall–Kier alpha value is -1.33. The zero-order valence-electron chi connectivity index (χ0n) is 10.3. The van der Waals surface area contributed by atoms with Crippen molar-refractivity contribution in [2.24, 2.45) is 0 Å². The van der Waals surface area contributed by atoms with E-state index in [4.69, 9.17) is 9.39 Å². The van der Waals surface area contributed by atoms with Crippen LogP contribution in [0, 0.1) is 0 Å². The first kappa shape index (κ1) is 11.7. The number of ether oxygens (including phenoxy) is 1. The number of ketones is 1. The third-order valence-electron chi connectivity index (χ3n) is 3.40. The van der Waals surface area contributed by atoms with E-state index in [2.05, 4.69) is 0 Å². The normalized spacial score (nSPS) is 17.8. The predicted molar refractivity (Wildman–Crippen MR) is 67.0 cm³/mol. The smallest absolute Gasteiger partial charge is 0.486 e. The minimum absolute atomic E-state index is 0.00551. The van der Waals surface area contributed by atoms with Crippen LogP contribution in [0.1, 0.15) is 36.8 Å². The molecule has 0 atom stereocenters. The third kappa shape index (κ3) is 2.04. The maximum absolute atomic E-state index is 11.0. The molecule has 0 spiro atoms. The van der Waals surface area contributed by atoms with Crippen molar-refractivity contribution < 1.29 is 19.2 Å². The Morgan fingerprint density at radius 2 is 2.33 bits per heavy atom. The molecule has 4 nitrogen and oxygen atoms in total. The van der Waals surface area contributed by atoms with Gasteiger partial charge in [-0.1, -0.05) is 6.07 Å². The zero-order valence-corrected chi connectivity index (χ0v) is 10.3. The van der Waals surface area contributed by atoms with Gasteiger partial charge in [0.1, 0.15) is 12.4 Å². The number of benzene rings is 1. The molecule has 1 aliphatic carbocycles. The second kappa shape index (κ2) is 4.41. The average Bonchev–Trinajstić information content (AvgIpc) is 3.11. The Balaban J connectivity index is 1.98. The van der Waals surface area contributed by atoms with Crippen LogP contribution in [0.15, 0.2) is 12.1 Å². The van der Waals surface area contributed by atoms with E-state index >= 15 is 0 Å². The van der Waals surface area contributed by atoms with Crippen molar-refractivity contribution in [3.63, 3.8) is 0 Å². The lowest BCUT2D eigenvalue weighted by Crippen LogP contribution is -2.32. The summed E-state index contributed by atoms with van der Waals surface area (Å²) in [7, 11) is -0.850. The molecule has 0 aromatic heterocycles. The second-order valence-corrected chi connectivity index (χ2v) is 4.98. The first-order valence-electron chi connectivity index (χ1n) is 6.24. The van der Waals surface area contributed by atoms with Gasteiger partial charge < -0.3 is 14.4 Å². The second-order valence-electron chi connectivity index (χ2n) is 4.98. The monoisotopic (exact) mass is 246 g/mol. The van der Waals surface area contributed by atoms with E-state index in [1.54, 1.807) is 0 Å². The van der Waals surface area contributed by atoms with Gasteiger partial charge in [-0.25, -0.2) is 0 Å². The molecule has 1 N–H and O–H groups in total. The minimum atomic E-state index is -0.850. The molecule has 94 valence electrons. The fourth-order valence-corrected chi connectivity index (χ4v) is 2.43. The summed E-state index contributed by atoms with van der Waals surface area (Å²) >= 11 is 0. The summed E-state index contributed by atoms with van der Waals surface area (Å²) in [6.45, 7) is 2.03. The van der Waals surface area contributed by atoms with Gasteiger partial charge in [0.25, 0.3) is 0 Å². The highest BCUT2D eigenvalue weighted by Gasteiger charge is 2.38. The highest BCUT2D eigenvalue weighted by molar-refractivity contribution is 6.62. The Morgan fingerprint density at radius 3 is 3.00 bits per heavy atom. The highest BCUT2D eigenvalue weighted by atomic mass is 16.5. The summed E-state index contributed by atoms with van der Waals surface area (Å²) in [4.78, 5) is 11.0. The molecule has 3 rings (SSSR count). The van der Waals surface area contributed by atoms with Crippen LogP contribution in [-0.4, -0.2) is 24.5 Å². The molecule has 1 fully saturated rings. The van der Waals surface area contributed by atoms with Gasteiger partial charge in [0.15, 0.2) is 5.78 Å². The van der Waals surface area contributed by atoms with E-state index in [0.29, 0.717) is 12.5 Å². The molecule has 2 aliphatic rings. The van der Waals surface area contributed by atoms with Crippen LogP contribution >= 0.6 is 0 Å². The number of carbonyl (C=O) groups excluding carboxylic acids is 1. The molecule has 1 heterocycles. The topological polar surface area (TPSA) is 55.8 Å². The van der Waals surface area contributed by atoms with Crippen molar-refractivity contribution in [2.75, 3.05) is 6.61 Å². The lowest BCUT2D eigenvalue weighted by molar-refractivity contribution is -0.118. The largest absolute Gasteiger partial charge is 0.492 e. The molecule has 0 bridgehead atoms. The molecule has 0 saturated heterocycles. The summed E-state index contributed by atoms with van der Waals surface area (Å²) in [5.41, 5.74) is 2.93. The summed E-state index contributed by atoms with van der Waals surface area (Å²) in [5, 5.41) is 9.90. The first-order chi connectivity index (χ1) is 8.66. The summed E-state index contributed by atoms with van der Waals surface area (Å²) in [5.74, 6) is 1.16. The van der Waals surface area contributed by atoms with Crippen molar-refractivity contribution in [3.8, 4) is 5.75 Å². The van der Waals surface area contributed by atoms with Crippen molar-refractivity contribution in [1.29, 1.82) is 0 Å². The van der Waals surface area contributed by atoms with Crippen molar-refractivity contribution in [3.05, 3.63) is 23.3 Å². The van der Waals surface area contributed by atoms with Gasteiger partial charge in [-0.05, 0) is 48.3 Å². The Bertz CT molecular complexity index is 496. The van der Waals surface area contributed by atoms with Crippen LogP contribution in [-0.2, 0) is 16.1 Å². The standard InChI is InChI=1S/C13H15BO4/c1-8(15)6-17-11-5-4-10-7-18-14(16)13(10)12(11)9-2-3-9/h4-5,9,16H,2-3,6-7H2,1H3. The van der Waals surface area contributed by atoms with E-state index in [9.17, 15) is 9.82 Å². The fraction of sp³-hybridized carbons (Fsp3) is 0.462. The SMILES string of the molecule is CC(=O)COc1ccc2c(c1C1CC1)B(O)OC2. The van der Waals surface area contributed by atoms with Crippen LogP contribution in [0.2, 0.25) is 0 Å². The van der Waals surface area contributed by atoms with Crippen LogP contribution in [0.5, 0.6) is 5.75 Å². The highest BCUT2D eigenvalue weighted by Crippen LogP contribution is 2.44. The van der Waals surface area contributed by atoms with Crippen LogP contribution in [0.25, 0.3) is 0 Å². The predicted octanol–water partition coefficient (Wildman–Crippen LogP) is 0.750. The van der Waals surface area contributed by atoms with Gasteiger partial charge in [-0.15, -0.1) is 0 Å². The Morgan fingerprint density at radius 1 is 1.56 bits per heavy atom. The molecule has 1 saturated carbocycles. The van der Waals surface area contributed by atoms with E-state index < -0.39 is 7.12 Å². The van der Waals surface area contributed by atoms with Gasteiger partial charge in [0.2, 0.25) is 0 Å². The molecular weight excluding hydrogens is 231 g/mol. The maximum Gasteiger partial charge on any atom is 0.492 e. The van der Waals surface area contributed by atoms with E-state index in [-0.39, 0.29) is 12.4 Å². The average molecular weight is 246 g/mol. The third-order valence-corrected chi connectivity index (χ3v) is 3.40. The molecule has 18 heavy (non-hydrogen) atoms. The van der Waals surface area contributed by atoms with Gasteiger partial charge in [-0.3, -0.25) is 4.79 Å². The molecule has 1 aromatic rings. The maximum atomic E-state index is 11.0. The molecule has 0 amide bonds. The van der Waals surface area contributed by atoms with Gasteiger partial charge in [0.05, 0.1) is 6.61 Å². The van der Waals surface area contributed by atoms with E-state index in [1.165, 1.54) is 6.92 Å². The number of rotatable bonds is 4. The van der Waals surface area contributed by atoms with Gasteiger partial charge in [-0.2, -0.15) is 0 Å². The summed E-state index contributed by atoms with van der Waals surface area (Å²) in [6, 6.07) is 3.80. The number of Topliss-reactive ketones (excluding diaryl/α,β-unsaturated/α-hetero) is 1.